The van der Waals surface area contributed by atoms with E-state index in [1.54, 1.807) is 13.3 Å². The van der Waals surface area contributed by atoms with Crippen LogP contribution in [0.4, 0.5) is 0 Å². The average Bonchev–Trinajstić information content (AvgIpc) is 2.15. The van der Waals surface area contributed by atoms with Crippen molar-refractivity contribution in [1.29, 1.82) is 0 Å². The van der Waals surface area contributed by atoms with Crippen LogP contribution in [0.3, 0.4) is 0 Å². The Hall–Kier alpha value is -0.930. The summed E-state index contributed by atoms with van der Waals surface area (Å²) in [6.07, 6.45) is 3.58. The van der Waals surface area contributed by atoms with E-state index in [1.165, 1.54) is 0 Å². The Bertz CT molecular complexity index is 213. The Kier molecular flexibility index (Phi) is 3.70. The van der Waals surface area contributed by atoms with Crippen molar-refractivity contribution in [3.05, 3.63) is 30.1 Å². The fourth-order valence-corrected chi connectivity index (χ4v) is 1.12. The minimum atomic E-state index is 0.267. The molecule has 0 saturated heterocycles. The largest absolute Gasteiger partial charge is 0.384 e. The van der Waals surface area contributed by atoms with Gasteiger partial charge in [0.05, 0.1) is 6.61 Å². The van der Waals surface area contributed by atoms with Crippen molar-refractivity contribution in [3.8, 4) is 0 Å². The second kappa shape index (κ2) is 4.85. The van der Waals surface area contributed by atoms with Gasteiger partial charge in [-0.15, -0.1) is 0 Å². The molecule has 0 spiro atoms. The van der Waals surface area contributed by atoms with E-state index in [1.807, 2.05) is 18.3 Å². The summed E-state index contributed by atoms with van der Waals surface area (Å²) in [5, 5.41) is 0. The number of rotatable bonds is 4. The fraction of sp³-hybridized carbons (Fsp3) is 0.444. The number of nitrogens with two attached hydrogens (primary N) is 1. The molecule has 1 unspecified atom stereocenters. The molecule has 1 aromatic rings. The Morgan fingerprint density at radius 1 is 1.67 bits per heavy atom. The summed E-state index contributed by atoms with van der Waals surface area (Å²) < 4.78 is 5.04. The summed E-state index contributed by atoms with van der Waals surface area (Å²) in [5.74, 6) is 0.267. The third kappa shape index (κ3) is 2.29. The van der Waals surface area contributed by atoms with Gasteiger partial charge in [0.2, 0.25) is 0 Å². The molecule has 3 nitrogen and oxygen atoms in total. The number of pyridine rings is 1. The summed E-state index contributed by atoms with van der Waals surface area (Å²) in [7, 11) is 1.68. The maximum atomic E-state index is 5.58. The average molecular weight is 166 g/mol. The molecule has 0 saturated carbocycles. The SMILES string of the molecule is COCC(CN)c1cccnc1. The molecule has 1 rings (SSSR count). The topological polar surface area (TPSA) is 48.1 Å². The Balaban J connectivity index is 2.66. The highest BCUT2D eigenvalue weighted by Gasteiger charge is 2.07. The van der Waals surface area contributed by atoms with E-state index < -0.39 is 0 Å². The molecule has 0 fully saturated rings. The van der Waals surface area contributed by atoms with E-state index in [0.717, 1.165) is 5.56 Å². The highest BCUT2D eigenvalue weighted by molar-refractivity contribution is 5.14. The van der Waals surface area contributed by atoms with Crippen LogP contribution in [0.5, 0.6) is 0 Å². The molecule has 1 aromatic heterocycles. The van der Waals surface area contributed by atoms with Gasteiger partial charge in [-0.05, 0) is 11.6 Å². The van der Waals surface area contributed by atoms with Crippen molar-refractivity contribution in [1.82, 2.24) is 4.98 Å². The van der Waals surface area contributed by atoms with Gasteiger partial charge in [0.25, 0.3) is 0 Å². The molecule has 0 aliphatic carbocycles. The Morgan fingerprint density at radius 3 is 3.00 bits per heavy atom. The minimum absolute atomic E-state index is 0.267. The van der Waals surface area contributed by atoms with Crippen molar-refractivity contribution >= 4 is 0 Å². The quantitative estimate of drug-likeness (QED) is 0.718. The van der Waals surface area contributed by atoms with Gasteiger partial charge >= 0.3 is 0 Å². The van der Waals surface area contributed by atoms with Crippen molar-refractivity contribution in [2.45, 2.75) is 5.92 Å². The lowest BCUT2D eigenvalue weighted by Gasteiger charge is -2.12. The molecule has 3 heteroatoms. The first-order valence-electron chi connectivity index (χ1n) is 3.97. The molecule has 12 heavy (non-hydrogen) atoms. The van der Waals surface area contributed by atoms with Crippen LogP contribution in [0.1, 0.15) is 11.5 Å². The van der Waals surface area contributed by atoms with Crippen LogP contribution < -0.4 is 5.73 Å². The van der Waals surface area contributed by atoms with Crippen LogP contribution in [0.2, 0.25) is 0 Å². The van der Waals surface area contributed by atoms with Crippen LogP contribution in [0.25, 0.3) is 0 Å². The summed E-state index contributed by atoms with van der Waals surface area (Å²) in [5.41, 5.74) is 6.72. The summed E-state index contributed by atoms with van der Waals surface area (Å²) in [6.45, 7) is 1.25. The molecule has 1 atom stereocenters. The first-order valence-corrected chi connectivity index (χ1v) is 3.97. The smallest absolute Gasteiger partial charge is 0.0543 e. The second-order valence-corrected chi connectivity index (χ2v) is 2.67. The van der Waals surface area contributed by atoms with E-state index >= 15 is 0 Å². The lowest BCUT2D eigenvalue weighted by molar-refractivity contribution is 0.181. The maximum Gasteiger partial charge on any atom is 0.0543 e. The van der Waals surface area contributed by atoms with E-state index in [-0.39, 0.29) is 5.92 Å². The third-order valence-electron chi connectivity index (χ3n) is 1.81. The number of methoxy groups -OCH3 is 1. The lowest BCUT2D eigenvalue weighted by Crippen LogP contribution is -2.17. The zero-order chi connectivity index (χ0) is 8.81. The van der Waals surface area contributed by atoms with Crippen molar-refractivity contribution in [2.75, 3.05) is 20.3 Å². The predicted molar refractivity (Wildman–Crippen MR) is 47.9 cm³/mol. The highest BCUT2D eigenvalue weighted by atomic mass is 16.5. The van der Waals surface area contributed by atoms with Gasteiger partial charge in [0, 0.05) is 32.0 Å². The van der Waals surface area contributed by atoms with Gasteiger partial charge in [-0.25, -0.2) is 0 Å². The zero-order valence-corrected chi connectivity index (χ0v) is 7.23. The van der Waals surface area contributed by atoms with Gasteiger partial charge in [0.1, 0.15) is 0 Å². The first-order chi connectivity index (χ1) is 5.88. The van der Waals surface area contributed by atoms with E-state index in [4.69, 9.17) is 10.5 Å². The first kappa shape index (κ1) is 9.16. The zero-order valence-electron chi connectivity index (χ0n) is 7.23. The third-order valence-corrected chi connectivity index (χ3v) is 1.81. The van der Waals surface area contributed by atoms with E-state index in [0.29, 0.717) is 13.2 Å². The molecule has 66 valence electrons. The monoisotopic (exact) mass is 166 g/mol. The molecule has 0 aliphatic heterocycles. The maximum absolute atomic E-state index is 5.58. The molecule has 0 amide bonds. The number of hydrogen-bond acceptors (Lipinski definition) is 3. The lowest BCUT2D eigenvalue weighted by atomic mass is 10.0. The minimum Gasteiger partial charge on any atom is -0.384 e. The summed E-state index contributed by atoms with van der Waals surface area (Å²) >= 11 is 0. The van der Waals surface area contributed by atoms with Crippen LogP contribution in [-0.4, -0.2) is 25.2 Å². The standard InChI is InChI=1S/C9H14N2O/c1-12-7-9(5-10)8-3-2-4-11-6-8/h2-4,6,9H,5,7,10H2,1H3. The molecular formula is C9H14N2O. The van der Waals surface area contributed by atoms with Crippen LogP contribution in [-0.2, 0) is 4.74 Å². The number of ether oxygens (including phenoxy) is 1. The van der Waals surface area contributed by atoms with Crippen molar-refractivity contribution in [3.63, 3.8) is 0 Å². The Morgan fingerprint density at radius 2 is 2.50 bits per heavy atom. The number of hydrogen-bond donors (Lipinski definition) is 1. The van der Waals surface area contributed by atoms with Crippen LogP contribution in [0, 0.1) is 0 Å². The Labute approximate surface area is 72.6 Å². The highest BCUT2D eigenvalue weighted by Crippen LogP contribution is 2.12. The normalized spacial score (nSPS) is 12.8. The van der Waals surface area contributed by atoms with E-state index in [9.17, 15) is 0 Å². The van der Waals surface area contributed by atoms with Crippen LogP contribution in [0.15, 0.2) is 24.5 Å². The molecule has 0 bridgehead atoms. The van der Waals surface area contributed by atoms with Gasteiger partial charge in [0.15, 0.2) is 0 Å². The predicted octanol–water partition coefficient (Wildman–Crippen LogP) is 0.770. The van der Waals surface area contributed by atoms with Crippen molar-refractivity contribution < 1.29 is 4.74 Å². The molecule has 0 radical (unpaired) electrons. The summed E-state index contributed by atoms with van der Waals surface area (Å²) in [4.78, 5) is 4.02. The van der Waals surface area contributed by atoms with E-state index in [2.05, 4.69) is 4.98 Å². The molecule has 2 N–H and O–H groups in total. The van der Waals surface area contributed by atoms with Gasteiger partial charge < -0.3 is 10.5 Å². The summed E-state index contributed by atoms with van der Waals surface area (Å²) in [6, 6.07) is 3.93. The number of nitrogens with zero attached hydrogens (tertiary/aromatic N) is 1. The van der Waals surface area contributed by atoms with Gasteiger partial charge in [-0.3, -0.25) is 4.98 Å². The van der Waals surface area contributed by atoms with Gasteiger partial charge in [-0.1, -0.05) is 6.07 Å². The van der Waals surface area contributed by atoms with Gasteiger partial charge in [-0.2, -0.15) is 0 Å². The molecule has 1 heterocycles. The fourth-order valence-electron chi connectivity index (χ4n) is 1.12. The van der Waals surface area contributed by atoms with Crippen LogP contribution >= 0.6 is 0 Å². The number of aromatic nitrogens is 1. The molecule has 0 aromatic carbocycles. The molecular weight excluding hydrogens is 152 g/mol. The molecule has 0 aliphatic rings. The second-order valence-electron chi connectivity index (χ2n) is 2.67. The van der Waals surface area contributed by atoms with Crippen molar-refractivity contribution in [2.24, 2.45) is 5.73 Å².